The molecule has 0 aromatic heterocycles. The van der Waals surface area contributed by atoms with Gasteiger partial charge < -0.3 is 48.0 Å². The first-order valence-corrected chi connectivity index (χ1v) is 32.2. The third-order valence-electron chi connectivity index (χ3n) is 15.3. The van der Waals surface area contributed by atoms with Gasteiger partial charge in [0.25, 0.3) is 0 Å². The second-order valence-corrected chi connectivity index (χ2v) is 24.5. The van der Waals surface area contributed by atoms with Crippen molar-refractivity contribution in [3.8, 4) is 0 Å². The molecular formula is C60H132N3O7P. The van der Waals surface area contributed by atoms with Gasteiger partial charge in [0.15, 0.2) is 18.7 Å². The standard InChI is InChI=1S/3C20H44NO.H3O4P/c3*1-5-6-7-8-9-10-11-12-13-14-15-16-17-18-19-21(3,4)20(2)22;1-5(2,3)4/h3*20,22H,5-19H2,1-4H3;(H3,1,2,3,4)/q3*+1;/p-3. The number of hydrogen-bond acceptors (Lipinski definition) is 7. The van der Waals surface area contributed by atoms with Crippen LogP contribution in [0, 0.1) is 0 Å². The molecule has 3 atom stereocenters. The molecule has 0 fully saturated rings. The van der Waals surface area contributed by atoms with E-state index in [1.165, 1.54) is 270 Å². The lowest BCUT2D eigenvalue weighted by molar-refractivity contribution is -0.934. The lowest BCUT2D eigenvalue weighted by Gasteiger charge is -2.36. The Morgan fingerprint density at radius 2 is 0.380 bits per heavy atom. The van der Waals surface area contributed by atoms with Crippen molar-refractivity contribution in [2.75, 3.05) is 61.9 Å². The molecule has 0 saturated heterocycles. The van der Waals surface area contributed by atoms with Crippen LogP contribution in [-0.2, 0) is 4.57 Å². The van der Waals surface area contributed by atoms with Crippen molar-refractivity contribution in [3.05, 3.63) is 0 Å². The van der Waals surface area contributed by atoms with Crippen LogP contribution in [-0.4, -0.2) is 109 Å². The molecule has 11 heteroatoms. The van der Waals surface area contributed by atoms with Crippen LogP contribution in [0.2, 0.25) is 0 Å². The Kier molecular flexibility index (Phi) is 59.6. The first-order valence-electron chi connectivity index (χ1n) is 30.8. The Balaban J connectivity index is -0.000000451. The van der Waals surface area contributed by atoms with E-state index in [0.717, 1.165) is 33.1 Å². The largest absolute Gasteiger partial charge is 0.822 e. The lowest BCUT2D eigenvalue weighted by atomic mass is 10.0. The smallest absolute Gasteiger partial charge is 0.187 e. The van der Waals surface area contributed by atoms with Gasteiger partial charge in [-0.3, -0.25) is 0 Å². The normalized spacial score (nSPS) is 13.4. The fraction of sp³-hybridized carbons (Fsp3) is 1.00. The predicted molar refractivity (Wildman–Crippen MR) is 305 cm³/mol. The maximum absolute atomic E-state index is 9.66. The number of nitrogens with zero attached hydrogens (tertiary/aromatic N) is 3. The number of rotatable bonds is 48. The number of aliphatic hydroxyl groups excluding tert-OH is 3. The molecule has 434 valence electrons. The first kappa shape index (κ1) is 77.4. The molecule has 0 saturated carbocycles. The van der Waals surface area contributed by atoms with Gasteiger partial charge in [0.1, 0.15) is 0 Å². The fourth-order valence-corrected chi connectivity index (χ4v) is 8.70. The monoisotopic (exact) mass is 1040 g/mol. The van der Waals surface area contributed by atoms with Crippen LogP contribution < -0.4 is 14.7 Å². The van der Waals surface area contributed by atoms with Gasteiger partial charge in [0.05, 0.1) is 61.9 Å². The third-order valence-corrected chi connectivity index (χ3v) is 15.3. The summed E-state index contributed by atoms with van der Waals surface area (Å²) in [6.07, 6.45) is 58.3. The Hall–Kier alpha value is -0.130. The fourth-order valence-electron chi connectivity index (χ4n) is 8.70. The third kappa shape index (κ3) is 67.9. The van der Waals surface area contributed by atoms with Gasteiger partial charge in [-0.25, -0.2) is 0 Å². The van der Waals surface area contributed by atoms with E-state index < -0.39 is 7.82 Å². The molecule has 0 spiro atoms. The van der Waals surface area contributed by atoms with Crippen molar-refractivity contribution in [1.82, 2.24) is 0 Å². The van der Waals surface area contributed by atoms with E-state index in [0.29, 0.717) is 0 Å². The van der Waals surface area contributed by atoms with Gasteiger partial charge in [-0.05, 0) is 38.5 Å². The Bertz CT molecular complexity index is 948. The van der Waals surface area contributed by atoms with E-state index in [2.05, 4.69) is 63.1 Å². The maximum atomic E-state index is 9.66. The Morgan fingerprint density at radius 1 is 0.282 bits per heavy atom. The van der Waals surface area contributed by atoms with Crippen LogP contribution in [0.3, 0.4) is 0 Å². The molecular weight excluding hydrogens is 906 g/mol. The second-order valence-electron chi connectivity index (χ2n) is 23.6. The molecule has 0 bridgehead atoms. The summed E-state index contributed by atoms with van der Waals surface area (Å²) in [4.78, 5) is 25.6. The van der Waals surface area contributed by atoms with E-state index in [4.69, 9.17) is 19.2 Å². The van der Waals surface area contributed by atoms with Crippen molar-refractivity contribution in [2.45, 2.75) is 330 Å². The molecule has 0 rings (SSSR count). The SMILES string of the molecule is CCCCCCCCCCCCCCCC[N+](C)(C)C(C)O.CCCCCCCCCCCCCCCC[N+](C)(C)C(C)O.CCCCCCCCCCCCCCCC[N+](C)(C)C(C)O.O=P([O-])([O-])[O-]. The molecule has 0 aromatic rings. The number of hydrogen-bond donors (Lipinski definition) is 3. The van der Waals surface area contributed by atoms with Gasteiger partial charge in [0.2, 0.25) is 0 Å². The Morgan fingerprint density at radius 3 is 0.479 bits per heavy atom. The van der Waals surface area contributed by atoms with Gasteiger partial charge in [-0.2, -0.15) is 7.82 Å². The first-order chi connectivity index (χ1) is 33.5. The quantitative estimate of drug-likeness (QED) is 0.0238. The molecule has 71 heavy (non-hydrogen) atoms. The summed E-state index contributed by atoms with van der Waals surface area (Å²) < 4.78 is 10.8. The van der Waals surface area contributed by atoms with E-state index >= 15 is 0 Å². The zero-order valence-corrected chi connectivity index (χ0v) is 51.2. The van der Waals surface area contributed by atoms with Crippen LogP contribution in [0.25, 0.3) is 0 Å². The second kappa shape index (κ2) is 54.7. The van der Waals surface area contributed by atoms with Crippen molar-refractivity contribution in [3.63, 3.8) is 0 Å². The molecule has 0 aliphatic carbocycles. The van der Waals surface area contributed by atoms with Crippen molar-refractivity contribution in [1.29, 1.82) is 0 Å². The van der Waals surface area contributed by atoms with Gasteiger partial charge in [-0.1, -0.05) is 252 Å². The summed E-state index contributed by atoms with van der Waals surface area (Å²) >= 11 is 0. The van der Waals surface area contributed by atoms with Gasteiger partial charge in [0, 0.05) is 20.8 Å². The van der Waals surface area contributed by atoms with Crippen molar-refractivity contribution >= 4 is 7.82 Å². The summed E-state index contributed by atoms with van der Waals surface area (Å²) in [7, 11) is 7.32. The predicted octanol–water partition coefficient (Wildman–Crippen LogP) is 14.8. The number of unbranched alkanes of at least 4 members (excludes halogenated alkanes) is 39. The highest BCUT2D eigenvalue weighted by Crippen LogP contribution is 2.18. The highest BCUT2D eigenvalue weighted by Gasteiger charge is 2.22. The van der Waals surface area contributed by atoms with Gasteiger partial charge >= 0.3 is 0 Å². The van der Waals surface area contributed by atoms with Crippen LogP contribution in [0.15, 0.2) is 0 Å². The zero-order valence-electron chi connectivity index (χ0n) is 50.3. The molecule has 0 aliphatic heterocycles. The summed E-state index contributed by atoms with van der Waals surface area (Å²) in [6, 6.07) is 0. The minimum Gasteiger partial charge on any atom is -0.822 e. The number of quaternary nitrogens is 3. The van der Waals surface area contributed by atoms with Crippen molar-refractivity contribution in [2.24, 2.45) is 0 Å². The van der Waals surface area contributed by atoms with Crippen LogP contribution >= 0.6 is 7.82 Å². The van der Waals surface area contributed by atoms with E-state index in [-0.39, 0.29) is 18.7 Å². The average Bonchev–Trinajstić information content (AvgIpc) is 3.29. The number of aliphatic hydroxyl groups is 3. The molecule has 10 nitrogen and oxygen atoms in total. The molecule has 0 aromatic carbocycles. The highest BCUT2D eigenvalue weighted by atomic mass is 31.2. The van der Waals surface area contributed by atoms with Crippen LogP contribution in [0.1, 0.15) is 311 Å². The molecule has 3 N–H and O–H groups in total. The van der Waals surface area contributed by atoms with Crippen LogP contribution in [0.4, 0.5) is 0 Å². The van der Waals surface area contributed by atoms with E-state index in [1.807, 2.05) is 20.8 Å². The summed E-state index contributed by atoms with van der Waals surface area (Å²) in [5, 5.41) is 29.0. The van der Waals surface area contributed by atoms with Crippen LogP contribution in [0.5, 0.6) is 0 Å². The lowest BCUT2D eigenvalue weighted by Crippen LogP contribution is -2.47. The van der Waals surface area contributed by atoms with E-state index in [9.17, 15) is 15.3 Å². The van der Waals surface area contributed by atoms with Gasteiger partial charge in [-0.15, -0.1) is 0 Å². The summed E-state index contributed by atoms with van der Waals surface area (Å²) in [5.41, 5.74) is 0. The highest BCUT2D eigenvalue weighted by molar-refractivity contribution is 7.40. The van der Waals surface area contributed by atoms with E-state index in [1.54, 1.807) is 0 Å². The van der Waals surface area contributed by atoms with Crippen molar-refractivity contribution < 1.29 is 48.0 Å². The minimum atomic E-state index is -5.39. The molecule has 0 radical (unpaired) electrons. The molecule has 3 unspecified atom stereocenters. The molecule has 0 aliphatic rings. The topological polar surface area (TPSA) is 147 Å². The number of phosphoric acid groups is 1. The Labute approximate surface area is 446 Å². The average molecular weight is 1040 g/mol. The summed E-state index contributed by atoms with van der Waals surface area (Å²) in [6.45, 7) is 15.8. The molecule has 0 amide bonds. The molecule has 0 heterocycles. The zero-order chi connectivity index (χ0) is 54.6. The maximum Gasteiger partial charge on any atom is 0.187 e. The summed E-state index contributed by atoms with van der Waals surface area (Å²) in [5.74, 6) is 0. The minimum absolute atomic E-state index is 0.248.